The van der Waals surface area contributed by atoms with Crippen molar-refractivity contribution in [1.82, 2.24) is 9.55 Å². The Morgan fingerprint density at radius 1 is 1.69 bits per heavy atom. The van der Waals surface area contributed by atoms with Crippen molar-refractivity contribution in [3.8, 4) is 5.88 Å². The largest absolute Gasteiger partial charge is 0.481 e. The third-order valence-electron chi connectivity index (χ3n) is 1.71. The highest BCUT2D eigenvalue weighted by Crippen LogP contribution is 2.04. The van der Waals surface area contributed by atoms with Gasteiger partial charge in [-0.05, 0) is 6.92 Å². The molecule has 0 aliphatic carbocycles. The van der Waals surface area contributed by atoms with Gasteiger partial charge in [0.15, 0.2) is 0 Å². The molecule has 1 rings (SSSR count). The lowest BCUT2D eigenvalue weighted by Crippen LogP contribution is -2.25. The van der Waals surface area contributed by atoms with Crippen LogP contribution in [-0.2, 0) is 6.54 Å². The quantitative estimate of drug-likeness (QED) is 0.681. The van der Waals surface area contributed by atoms with Crippen molar-refractivity contribution in [1.29, 1.82) is 0 Å². The molecule has 0 saturated heterocycles. The Hall–Kier alpha value is -1.03. The van der Waals surface area contributed by atoms with E-state index < -0.39 is 0 Å². The Bertz CT molecular complexity index is 348. The molecule has 0 radical (unpaired) electrons. The number of nitrogens with zero attached hydrogens (tertiary/aromatic N) is 2. The topological polar surface area (TPSA) is 44.1 Å². The lowest BCUT2D eigenvalue weighted by atomic mass is 10.4. The van der Waals surface area contributed by atoms with E-state index in [-0.39, 0.29) is 5.69 Å². The van der Waals surface area contributed by atoms with Crippen molar-refractivity contribution >= 4 is 11.6 Å². The maximum Gasteiger partial charge on any atom is 0.351 e. The molecule has 1 aromatic heterocycles. The minimum absolute atomic E-state index is 0.322. The molecule has 1 heterocycles. The summed E-state index contributed by atoms with van der Waals surface area (Å²) in [7, 11) is 1.48. The van der Waals surface area contributed by atoms with Crippen molar-refractivity contribution in [2.45, 2.75) is 13.5 Å². The minimum atomic E-state index is -0.322. The van der Waals surface area contributed by atoms with Gasteiger partial charge in [-0.1, -0.05) is 0 Å². The fourth-order valence-corrected chi connectivity index (χ4v) is 1.22. The van der Waals surface area contributed by atoms with E-state index >= 15 is 0 Å². The lowest BCUT2D eigenvalue weighted by molar-refractivity contribution is 0.391. The molecule has 0 amide bonds. The van der Waals surface area contributed by atoms with Crippen molar-refractivity contribution in [2.24, 2.45) is 0 Å². The van der Waals surface area contributed by atoms with Crippen molar-refractivity contribution < 1.29 is 4.74 Å². The number of ether oxygens (including phenoxy) is 1. The lowest BCUT2D eigenvalue weighted by Gasteiger charge is -2.07. The van der Waals surface area contributed by atoms with Gasteiger partial charge in [0.25, 0.3) is 0 Å². The van der Waals surface area contributed by atoms with Crippen LogP contribution in [0.5, 0.6) is 5.88 Å². The summed E-state index contributed by atoms with van der Waals surface area (Å²) >= 11 is 5.53. The molecule has 0 unspecified atom stereocenters. The third kappa shape index (κ3) is 2.21. The first-order valence-electron chi connectivity index (χ1n) is 3.87. The zero-order valence-corrected chi connectivity index (χ0v) is 8.34. The number of rotatable bonds is 3. The van der Waals surface area contributed by atoms with Gasteiger partial charge in [-0.25, -0.2) is 4.79 Å². The van der Waals surface area contributed by atoms with E-state index in [1.54, 1.807) is 6.07 Å². The summed E-state index contributed by atoms with van der Waals surface area (Å²) in [6, 6.07) is 1.70. The fourth-order valence-electron chi connectivity index (χ4n) is 1.06. The van der Waals surface area contributed by atoms with Crippen molar-refractivity contribution in [3.05, 3.63) is 22.2 Å². The number of methoxy groups -OCH3 is 1. The first kappa shape index (κ1) is 10.1. The highest BCUT2D eigenvalue weighted by atomic mass is 35.5. The molecule has 0 aromatic carbocycles. The second-order valence-corrected chi connectivity index (χ2v) is 2.94. The number of aromatic nitrogens is 2. The minimum Gasteiger partial charge on any atom is -0.481 e. The molecule has 13 heavy (non-hydrogen) atoms. The number of hydrogen-bond acceptors (Lipinski definition) is 3. The molecule has 0 spiro atoms. The summed E-state index contributed by atoms with van der Waals surface area (Å²) in [5.41, 5.74) is 0.481. The summed E-state index contributed by atoms with van der Waals surface area (Å²) < 4.78 is 6.36. The van der Waals surface area contributed by atoms with Crippen LogP contribution in [0.1, 0.15) is 5.69 Å². The molecule has 1 aromatic rings. The van der Waals surface area contributed by atoms with Gasteiger partial charge in [0.05, 0.1) is 7.11 Å². The summed E-state index contributed by atoms with van der Waals surface area (Å²) in [4.78, 5) is 15.0. The maximum atomic E-state index is 11.3. The summed E-state index contributed by atoms with van der Waals surface area (Å²) in [5.74, 6) is 0.739. The van der Waals surface area contributed by atoms with Crippen LogP contribution in [0, 0.1) is 6.92 Å². The van der Waals surface area contributed by atoms with E-state index in [1.807, 2.05) is 6.92 Å². The Morgan fingerprint density at radius 3 is 2.85 bits per heavy atom. The fraction of sp³-hybridized carbons (Fsp3) is 0.500. The molecule has 72 valence electrons. The van der Waals surface area contributed by atoms with E-state index in [9.17, 15) is 4.79 Å². The highest BCUT2D eigenvalue weighted by Gasteiger charge is 2.03. The number of halogens is 1. The molecule has 0 N–H and O–H groups in total. The molecule has 0 bridgehead atoms. The molecule has 0 fully saturated rings. The number of aryl methyl sites for hydroxylation is 1. The van der Waals surface area contributed by atoms with Gasteiger partial charge < -0.3 is 4.74 Å². The second kappa shape index (κ2) is 4.28. The van der Waals surface area contributed by atoms with Crippen LogP contribution in [0.25, 0.3) is 0 Å². The SMILES string of the molecule is COc1cc(C)n(CCCl)c(=O)n1. The Kier molecular flexibility index (Phi) is 3.31. The van der Waals surface area contributed by atoms with Crippen LogP contribution in [0.15, 0.2) is 10.9 Å². The normalized spacial score (nSPS) is 10.1. The standard InChI is InChI=1S/C8H11ClN2O2/c1-6-5-7(13-2)10-8(12)11(6)4-3-9/h5H,3-4H2,1-2H3. The number of alkyl halides is 1. The van der Waals surface area contributed by atoms with Crippen LogP contribution < -0.4 is 10.4 Å². The molecule has 0 saturated carbocycles. The average molecular weight is 203 g/mol. The molecular weight excluding hydrogens is 192 g/mol. The molecule has 0 atom stereocenters. The highest BCUT2D eigenvalue weighted by molar-refractivity contribution is 6.17. The van der Waals surface area contributed by atoms with E-state index in [1.165, 1.54) is 11.7 Å². The van der Waals surface area contributed by atoms with E-state index in [4.69, 9.17) is 16.3 Å². The van der Waals surface area contributed by atoms with Gasteiger partial charge in [-0.3, -0.25) is 4.57 Å². The van der Waals surface area contributed by atoms with Crippen LogP contribution >= 0.6 is 11.6 Å². The van der Waals surface area contributed by atoms with Gasteiger partial charge in [-0.15, -0.1) is 11.6 Å². The summed E-state index contributed by atoms with van der Waals surface area (Å²) in [5, 5.41) is 0. The van der Waals surface area contributed by atoms with Crippen LogP contribution in [-0.4, -0.2) is 22.5 Å². The van der Waals surface area contributed by atoms with Crippen LogP contribution in [0.3, 0.4) is 0 Å². The molecular formula is C8H11ClN2O2. The smallest absolute Gasteiger partial charge is 0.351 e. The van der Waals surface area contributed by atoms with Gasteiger partial charge in [0.1, 0.15) is 0 Å². The zero-order valence-electron chi connectivity index (χ0n) is 7.58. The third-order valence-corrected chi connectivity index (χ3v) is 1.88. The van der Waals surface area contributed by atoms with Gasteiger partial charge in [0.2, 0.25) is 5.88 Å². The first-order valence-corrected chi connectivity index (χ1v) is 4.41. The Labute approximate surface area is 81.1 Å². The zero-order chi connectivity index (χ0) is 9.84. The Morgan fingerprint density at radius 2 is 2.38 bits per heavy atom. The first-order chi connectivity index (χ1) is 6.19. The maximum absolute atomic E-state index is 11.3. The summed E-state index contributed by atoms with van der Waals surface area (Å²) in [6.45, 7) is 2.29. The Balaban J connectivity index is 3.15. The number of hydrogen-bond donors (Lipinski definition) is 0. The molecule has 4 nitrogen and oxygen atoms in total. The second-order valence-electron chi connectivity index (χ2n) is 2.56. The van der Waals surface area contributed by atoms with E-state index in [0.717, 1.165) is 5.69 Å². The van der Waals surface area contributed by atoms with Gasteiger partial charge in [-0.2, -0.15) is 4.98 Å². The van der Waals surface area contributed by atoms with E-state index in [0.29, 0.717) is 18.3 Å². The van der Waals surface area contributed by atoms with Crippen molar-refractivity contribution in [3.63, 3.8) is 0 Å². The molecule has 5 heteroatoms. The predicted octanol–water partition coefficient (Wildman–Crippen LogP) is 0.799. The summed E-state index contributed by atoms with van der Waals surface area (Å²) in [6.07, 6.45) is 0. The van der Waals surface area contributed by atoms with Gasteiger partial charge >= 0.3 is 5.69 Å². The van der Waals surface area contributed by atoms with E-state index in [2.05, 4.69) is 4.98 Å². The molecule has 0 aliphatic heterocycles. The monoisotopic (exact) mass is 202 g/mol. The predicted molar refractivity (Wildman–Crippen MR) is 50.5 cm³/mol. The van der Waals surface area contributed by atoms with Crippen molar-refractivity contribution in [2.75, 3.05) is 13.0 Å². The average Bonchev–Trinajstić information content (AvgIpc) is 2.11. The van der Waals surface area contributed by atoms with Crippen LogP contribution in [0.2, 0.25) is 0 Å². The molecule has 0 aliphatic rings. The van der Waals surface area contributed by atoms with Crippen LogP contribution in [0.4, 0.5) is 0 Å². The van der Waals surface area contributed by atoms with Gasteiger partial charge in [0, 0.05) is 24.2 Å².